The lowest BCUT2D eigenvalue weighted by molar-refractivity contribution is -0.792. The van der Waals surface area contributed by atoms with E-state index >= 15 is 0 Å². The lowest BCUT2D eigenvalue weighted by Gasteiger charge is -2.21. The molecule has 0 aliphatic carbocycles. The van der Waals surface area contributed by atoms with Crippen LogP contribution in [0.5, 0.6) is 0 Å². The van der Waals surface area contributed by atoms with Gasteiger partial charge in [0.05, 0.1) is 13.2 Å². The highest BCUT2D eigenvalue weighted by Gasteiger charge is 2.27. The van der Waals surface area contributed by atoms with E-state index in [1.807, 2.05) is 36.9 Å². The molecule has 0 spiro atoms. The summed E-state index contributed by atoms with van der Waals surface area (Å²) in [6, 6.07) is 5.62. The number of aromatic nitrogens is 3. The van der Waals surface area contributed by atoms with E-state index in [9.17, 15) is 4.39 Å². The molecule has 1 N–H and O–H groups in total. The first kappa shape index (κ1) is 12.3. The standard InChI is InChI=1S/C14H16FN3O/c1-9(2)12-4-3-10(5-13(12)15)14-6-18(17-16-14)11-7-19-8-11/h3-6,9,11H,7-8H2,1-2H3/p+1. The Bertz CT molecular complexity index is 590. The molecule has 1 aromatic heterocycles. The Labute approximate surface area is 111 Å². The van der Waals surface area contributed by atoms with Crippen molar-refractivity contribution < 1.29 is 13.8 Å². The molecule has 1 aliphatic heterocycles. The van der Waals surface area contributed by atoms with Crippen LogP contribution in [-0.2, 0) is 4.74 Å². The summed E-state index contributed by atoms with van der Waals surface area (Å²) in [6.07, 6.45) is 1.90. The molecule has 4 nitrogen and oxygen atoms in total. The first-order valence-electron chi connectivity index (χ1n) is 6.49. The molecule has 5 heteroatoms. The third kappa shape index (κ3) is 2.26. The lowest BCUT2D eigenvalue weighted by Crippen LogP contribution is -2.51. The predicted octanol–water partition coefficient (Wildman–Crippen LogP) is 2.20. The number of hydrogen-bond donors (Lipinski definition) is 1. The Morgan fingerprint density at radius 2 is 2.21 bits per heavy atom. The largest absolute Gasteiger partial charge is 0.372 e. The maximum absolute atomic E-state index is 14.0. The van der Waals surface area contributed by atoms with Crippen LogP contribution < -0.4 is 4.68 Å². The Hall–Kier alpha value is -1.75. The van der Waals surface area contributed by atoms with Crippen molar-refractivity contribution in [1.82, 2.24) is 10.3 Å². The number of nitrogens with one attached hydrogen (secondary N) is 1. The summed E-state index contributed by atoms with van der Waals surface area (Å²) in [5, 5.41) is 7.15. The van der Waals surface area contributed by atoms with Crippen molar-refractivity contribution in [3.8, 4) is 11.3 Å². The maximum atomic E-state index is 14.0. The van der Waals surface area contributed by atoms with Crippen LogP contribution in [0.2, 0.25) is 0 Å². The van der Waals surface area contributed by atoms with E-state index in [0.717, 1.165) is 16.8 Å². The highest BCUT2D eigenvalue weighted by atomic mass is 19.1. The minimum Gasteiger partial charge on any atom is -0.372 e. The number of benzene rings is 1. The van der Waals surface area contributed by atoms with E-state index in [1.54, 1.807) is 6.07 Å². The molecule has 3 rings (SSSR count). The van der Waals surface area contributed by atoms with Crippen LogP contribution in [0, 0.1) is 5.82 Å². The molecule has 1 saturated heterocycles. The van der Waals surface area contributed by atoms with Crippen molar-refractivity contribution >= 4 is 0 Å². The van der Waals surface area contributed by atoms with Crippen LogP contribution in [-0.4, -0.2) is 23.5 Å². The summed E-state index contributed by atoms with van der Waals surface area (Å²) >= 11 is 0. The number of H-pyrrole nitrogens is 1. The normalized spacial score (nSPS) is 15.8. The second kappa shape index (κ2) is 4.74. The van der Waals surface area contributed by atoms with Gasteiger partial charge >= 0.3 is 0 Å². The number of rotatable bonds is 3. The fraction of sp³-hybridized carbons (Fsp3) is 0.429. The maximum Gasteiger partial charge on any atom is 0.248 e. The Morgan fingerprint density at radius 3 is 2.79 bits per heavy atom. The van der Waals surface area contributed by atoms with Gasteiger partial charge in [0.25, 0.3) is 0 Å². The van der Waals surface area contributed by atoms with Gasteiger partial charge in [0, 0.05) is 10.7 Å². The zero-order valence-corrected chi connectivity index (χ0v) is 11.1. The minimum atomic E-state index is -0.172. The monoisotopic (exact) mass is 262 g/mol. The van der Waals surface area contributed by atoms with Gasteiger partial charge in [-0.2, -0.15) is 4.68 Å². The molecule has 0 atom stereocenters. The SMILES string of the molecule is CC(C)c1ccc(-c2c[n+](C3COC3)[nH]n2)cc1F. The highest BCUT2D eigenvalue weighted by Crippen LogP contribution is 2.24. The number of nitrogens with zero attached hydrogens (tertiary/aromatic N) is 2. The topological polar surface area (TPSA) is 41.8 Å². The van der Waals surface area contributed by atoms with E-state index in [2.05, 4.69) is 10.3 Å². The van der Waals surface area contributed by atoms with Gasteiger partial charge in [-0.3, -0.25) is 0 Å². The van der Waals surface area contributed by atoms with Gasteiger partial charge in [-0.15, -0.1) is 0 Å². The molecule has 1 fully saturated rings. The van der Waals surface area contributed by atoms with Crippen LogP contribution in [0.15, 0.2) is 24.4 Å². The van der Waals surface area contributed by atoms with Crippen molar-refractivity contribution in [3.05, 3.63) is 35.8 Å². The Morgan fingerprint density at radius 1 is 1.42 bits per heavy atom. The fourth-order valence-electron chi connectivity index (χ4n) is 2.17. The van der Waals surface area contributed by atoms with Gasteiger partial charge in [-0.25, -0.2) is 4.39 Å². The number of hydrogen-bond acceptors (Lipinski definition) is 2. The van der Waals surface area contributed by atoms with E-state index in [1.165, 1.54) is 0 Å². The zero-order chi connectivity index (χ0) is 13.4. The molecule has 0 unspecified atom stereocenters. The first-order chi connectivity index (χ1) is 9.15. The molecule has 0 radical (unpaired) electrons. The summed E-state index contributed by atoms with van der Waals surface area (Å²) in [5.74, 6) is 0.0133. The van der Waals surface area contributed by atoms with Crippen LogP contribution in [0.25, 0.3) is 11.3 Å². The summed E-state index contributed by atoms with van der Waals surface area (Å²) in [7, 11) is 0. The molecular weight excluding hydrogens is 245 g/mol. The van der Waals surface area contributed by atoms with E-state index < -0.39 is 0 Å². The Balaban J connectivity index is 1.89. The smallest absolute Gasteiger partial charge is 0.248 e. The van der Waals surface area contributed by atoms with Crippen molar-refractivity contribution in [2.75, 3.05) is 13.2 Å². The minimum absolute atomic E-state index is 0.172. The number of halogens is 1. The number of ether oxygens (including phenoxy) is 1. The van der Waals surface area contributed by atoms with Crippen LogP contribution >= 0.6 is 0 Å². The van der Waals surface area contributed by atoms with Crippen LogP contribution in [0.1, 0.15) is 31.4 Å². The lowest BCUT2D eigenvalue weighted by atomic mass is 10.0. The van der Waals surface area contributed by atoms with E-state index in [0.29, 0.717) is 19.3 Å². The molecule has 1 aliphatic rings. The average molecular weight is 262 g/mol. The van der Waals surface area contributed by atoms with Gasteiger partial charge in [-0.1, -0.05) is 25.1 Å². The van der Waals surface area contributed by atoms with Gasteiger partial charge in [-0.05, 0) is 23.6 Å². The second-order valence-corrected chi connectivity index (χ2v) is 5.22. The Kier molecular flexibility index (Phi) is 3.06. The molecule has 2 aromatic rings. The molecule has 100 valence electrons. The third-order valence-corrected chi connectivity index (χ3v) is 3.48. The molecule has 19 heavy (non-hydrogen) atoms. The fourth-order valence-corrected chi connectivity index (χ4v) is 2.17. The molecule has 1 aromatic carbocycles. The number of aromatic amines is 1. The summed E-state index contributed by atoms with van der Waals surface area (Å²) in [6.45, 7) is 5.37. The summed E-state index contributed by atoms with van der Waals surface area (Å²) < 4.78 is 21.0. The predicted molar refractivity (Wildman–Crippen MR) is 68.1 cm³/mol. The average Bonchev–Trinajstić information content (AvgIpc) is 2.75. The zero-order valence-electron chi connectivity index (χ0n) is 11.1. The second-order valence-electron chi connectivity index (χ2n) is 5.22. The first-order valence-corrected chi connectivity index (χ1v) is 6.49. The van der Waals surface area contributed by atoms with Crippen molar-refractivity contribution in [2.24, 2.45) is 0 Å². The third-order valence-electron chi connectivity index (χ3n) is 3.48. The molecule has 0 bridgehead atoms. The van der Waals surface area contributed by atoms with Gasteiger partial charge < -0.3 is 4.74 Å². The van der Waals surface area contributed by atoms with Crippen molar-refractivity contribution in [1.29, 1.82) is 0 Å². The quantitative estimate of drug-likeness (QED) is 0.862. The van der Waals surface area contributed by atoms with Gasteiger partial charge in [0.2, 0.25) is 5.69 Å². The van der Waals surface area contributed by atoms with E-state index in [-0.39, 0.29) is 11.7 Å². The molecule has 2 heterocycles. The molecule has 0 amide bonds. The van der Waals surface area contributed by atoms with Gasteiger partial charge in [0.1, 0.15) is 5.82 Å². The van der Waals surface area contributed by atoms with Crippen molar-refractivity contribution in [2.45, 2.75) is 25.8 Å². The van der Waals surface area contributed by atoms with Crippen LogP contribution in [0.4, 0.5) is 4.39 Å². The molecule has 0 saturated carbocycles. The van der Waals surface area contributed by atoms with Gasteiger partial charge in [0.15, 0.2) is 12.2 Å². The van der Waals surface area contributed by atoms with E-state index in [4.69, 9.17) is 4.74 Å². The summed E-state index contributed by atoms with van der Waals surface area (Å²) in [5.41, 5.74) is 2.28. The van der Waals surface area contributed by atoms with Crippen molar-refractivity contribution in [3.63, 3.8) is 0 Å². The molecular formula is C14H17FN3O+. The highest BCUT2D eigenvalue weighted by molar-refractivity contribution is 5.57. The summed E-state index contributed by atoms with van der Waals surface area (Å²) in [4.78, 5) is 0. The van der Waals surface area contributed by atoms with Crippen LogP contribution in [0.3, 0.4) is 0 Å².